The number of carbonyl (C=O) groups excluding carboxylic acids is 1. The molecule has 114 valence electrons. The van der Waals surface area contributed by atoms with Crippen LogP contribution in [0.15, 0.2) is 23.7 Å². The molecular formula is C16H18N4OS. The molecule has 5 nitrogen and oxygen atoms in total. The Balaban J connectivity index is 1.64. The first-order valence-corrected chi connectivity index (χ1v) is 8.51. The van der Waals surface area contributed by atoms with Crippen molar-refractivity contribution >= 4 is 23.2 Å². The third-order valence-corrected chi connectivity index (χ3v) is 5.90. The zero-order chi connectivity index (χ0) is 15.2. The summed E-state index contributed by atoms with van der Waals surface area (Å²) >= 11 is 1.70. The van der Waals surface area contributed by atoms with Crippen molar-refractivity contribution < 1.29 is 4.79 Å². The van der Waals surface area contributed by atoms with Crippen LogP contribution < -0.4 is 5.73 Å². The number of nitrogens with two attached hydrogens (primary N) is 1. The summed E-state index contributed by atoms with van der Waals surface area (Å²) in [4.78, 5) is 24.7. The van der Waals surface area contributed by atoms with Gasteiger partial charge in [-0.1, -0.05) is 18.9 Å². The molecule has 2 aromatic heterocycles. The Hall–Kier alpha value is -1.95. The van der Waals surface area contributed by atoms with E-state index in [1.165, 1.54) is 4.88 Å². The number of thiophene rings is 1. The van der Waals surface area contributed by atoms with Crippen LogP contribution in [0, 0.1) is 0 Å². The number of hydrogen-bond donors (Lipinski definition) is 1. The smallest absolute Gasteiger partial charge is 0.234 e. The average molecular weight is 314 g/mol. The minimum absolute atomic E-state index is 0.240. The minimum Gasteiger partial charge on any atom is -0.368 e. The molecule has 0 saturated heterocycles. The molecule has 2 aromatic rings. The lowest BCUT2D eigenvalue weighted by atomic mass is 9.83. The number of hydrogen-bond acceptors (Lipinski definition) is 5. The third kappa shape index (κ3) is 2.01. The van der Waals surface area contributed by atoms with Crippen LogP contribution >= 0.6 is 11.3 Å². The fourth-order valence-electron chi connectivity index (χ4n) is 3.71. The van der Waals surface area contributed by atoms with Crippen molar-refractivity contribution in [3.8, 4) is 0 Å². The maximum absolute atomic E-state index is 13.3. The lowest BCUT2D eigenvalue weighted by molar-refractivity contribution is -0.138. The Bertz CT molecular complexity index is 707. The van der Waals surface area contributed by atoms with Gasteiger partial charge in [-0.15, -0.1) is 11.3 Å². The van der Waals surface area contributed by atoms with Crippen LogP contribution in [-0.4, -0.2) is 20.8 Å². The van der Waals surface area contributed by atoms with E-state index in [2.05, 4.69) is 21.4 Å². The topological polar surface area (TPSA) is 72.1 Å². The van der Waals surface area contributed by atoms with Crippen LogP contribution in [0.2, 0.25) is 0 Å². The Morgan fingerprint density at radius 2 is 2.14 bits per heavy atom. The van der Waals surface area contributed by atoms with Crippen LogP contribution in [-0.2, 0) is 23.3 Å². The summed E-state index contributed by atoms with van der Waals surface area (Å²) in [7, 11) is 0. The zero-order valence-electron chi connectivity index (χ0n) is 12.3. The predicted molar refractivity (Wildman–Crippen MR) is 85.2 cm³/mol. The Labute approximate surface area is 133 Å². The van der Waals surface area contributed by atoms with E-state index in [-0.39, 0.29) is 17.3 Å². The molecule has 1 amide bonds. The van der Waals surface area contributed by atoms with Gasteiger partial charge in [0.05, 0.1) is 17.7 Å². The number of aromatic nitrogens is 2. The number of fused-ring (bicyclic) bond motifs is 1. The van der Waals surface area contributed by atoms with Gasteiger partial charge in [-0.05, 0) is 24.3 Å². The van der Waals surface area contributed by atoms with Gasteiger partial charge in [-0.3, -0.25) is 4.79 Å². The lowest BCUT2D eigenvalue weighted by Gasteiger charge is -2.31. The highest BCUT2D eigenvalue weighted by molar-refractivity contribution is 7.10. The molecule has 0 radical (unpaired) electrons. The molecule has 2 N–H and O–H groups in total. The van der Waals surface area contributed by atoms with E-state index >= 15 is 0 Å². The van der Waals surface area contributed by atoms with Crippen molar-refractivity contribution in [2.45, 2.75) is 44.2 Å². The van der Waals surface area contributed by atoms with Gasteiger partial charge in [0.25, 0.3) is 0 Å². The predicted octanol–water partition coefficient (Wildman–Crippen LogP) is 2.47. The van der Waals surface area contributed by atoms with Crippen molar-refractivity contribution in [2.24, 2.45) is 0 Å². The average Bonchev–Trinajstić information content (AvgIpc) is 3.25. The van der Waals surface area contributed by atoms with Crippen molar-refractivity contribution in [1.82, 2.24) is 14.9 Å². The summed E-state index contributed by atoms with van der Waals surface area (Å²) < 4.78 is 0. The first-order valence-electron chi connectivity index (χ1n) is 7.63. The van der Waals surface area contributed by atoms with Gasteiger partial charge in [-0.2, -0.15) is 0 Å². The van der Waals surface area contributed by atoms with Gasteiger partial charge in [0, 0.05) is 23.2 Å². The number of nitrogen functional groups attached to an aromatic ring is 1. The van der Waals surface area contributed by atoms with Crippen LogP contribution in [0.1, 0.15) is 41.8 Å². The molecular weight excluding hydrogens is 296 g/mol. The highest BCUT2D eigenvalue weighted by Gasteiger charge is 2.46. The number of rotatable bonds is 2. The molecule has 0 atom stereocenters. The Morgan fingerprint density at radius 1 is 1.32 bits per heavy atom. The van der Waals surface area contributed by atoms with E-state index < -0.39 is 0 Å². The molecule has 1 fully saturated rings. The normalized spacial score (nSPS) is 19.4. The zero-order valence-corrected chi connectivity index (χ0v) is 13.1. The summed E-state index contributed by atoms with van der Waals surface area (Å²) in [5.74, 6) is 0.519. The van der Waals surface area contributed by atoms with Crippen LogP contribution in [0.3, 0.4) is 0 Å². The van der Waals surface area contributed by atoms with Gasteiger partial charge in [0.1, 0.15) is 0 Å². The van der Waals surface area contributed by atoms with Gasteiger partial charge >= 0.3 is 0 Å². The molecule has 1 saturated carbocycles. The van der Waals surface area contributed by atoms with Crippen molar-refractivity contribution in [3.05, 3.63) is 39.8 Å². The van der Waals surface area contributed by atoms with Crippen molar-refractivity contribution in [1.29, 1.82) is 0 Å². The monoisotopic (exact) mass is 314 g/mol. The molecule has 4 rings (SSSR count). The molecule has 3 heterocycles. The summed E-state index contributed by atoms with van der Waals surface area (Å²) in [5, 5.41) is 2.06. The highest BCUT2D eigenvalue weighted by atomic mass is 32.1. The number of anilines is 1. The number of amides is 1. The van der Waals surface area contributed by atoms with Gasteiger partial charge in [0.15, 0.2) is 0 Å². The number of nitrogens with zero attached hydrogens (tertiary/aromatic N) is 3. The highest BCUT2D eigenvalue weighted by Crippen LogP contribution is 2.45. The van der Waals surface area contributed by atoms with Crippen LogP contribution in [0.25, 0.3) is 0 Å². The molecule has 0 aromatic carbocycles. The van der Waals surface area contributed by atoms with E-state index in [9.17, 15) is 4.79 Å². The molecule has 0 bridgehead atoms. The van der Waals surface area contributed by atoms with Gasteiger partial charge in [-0.25, -0.2) is 9.97 Å². The largest absolute Gasteiger partial charge is 0.368 e. The van der Waals surface area contributed by atoms with E-state index in [1.807, 2.05) is 11.0 Å². The standard InChI is InChI=1S/C16H18N4OS/c17-15-18-8-11-9-20(10-12(11)19-15)14(21)16(5-1-2-6-16)13-4-3-7-22-13/h3-4,7-8H,1-2,5-6,9-10H2,(H2,17,18,19). The summed E-state index contributed by atoms with van der Waals surface area (Å²) in [6.45, 7) is 1.15. The van der Waals surface area contributed by atoms with E-state index in [1.54, 1.807) is 17.5 Å². The SMILES string of the molecule is Nc1ncc2c(n1)CN(C(=O)C1(c3cccs3)CCCC1)C2. The summed E-state index contributed by atoms with van der Waals surface area (Å²) in [5.41, 5.74) is 7.23. The van der Waals surface area contributed by atoms with Crippen LogP contribution in [0.5, 0.6) is 0 Å². The number of carbonyl (C=O) groups is 1. The summed E-state index contributed by atoms with van der Waals surface area (Å²) in [6.07, 6.45) is 5.89. The summed E-state index contributed by atoms with van der Waals surface area (Å²) in [6, 6.07) is 4.15. The minimum atomic E-state index is -0.324. The van der Waals surface area contributed by atoms with Gasteiger partial charge in [0.2, 0.25) is 11.9 Å². The lowest BCUT2D eigenvalue weighted by Crippen LogP contribution is -2.42. The quantitative estimate of drug-likeness (QED) is 0.924. The molecule has 6 heteroatoms. The molecule has 1 aliphatic carbocycles. The van der Waals surface area contributed by atoms with E-state index in [0.717, 1.165) is 36.9 Å². The van der Waals surface area contributed by atoms with E-state index in [4.69, 9.17) is 5.73 Å². The maximum Gasteiger partial charge on any atom is 0.234 e. The van der Waals surface area contributed by atoms with E-state index in [0.29, 0.717) is 13.1 Å². The van der Waals surface area contributed by atoms with Crippen molar-refractivity contribution in [2.75, 3.05) is 5.73 Å². The first-order chi connectivity index (χ1) is 10.7. The third-order valence-electron chi connectivity index (χ3n) is 4.82. The fourth-order valence-corrected chi connectivity index (χ4v) is 4.69. The molecule has 2 aliphatic rings. The second kappa shape index (κ2) is 5.05. The Kier molecular flexibility index (Phi) is 3.14. The molecule has 0 unspecified atom stereocenters. The molecule has 22 heavy (non-hydrogen) atoms. The fraction of sp³-hybridized carbons (Fsp3) is 0.438. The van der Waals surface area contributed by atoms with Crippen molar-refractivity contribution in [3.63, 3.8) is 0 Å². The van der Waals surface area contributed by atoms with Gasteiger partial charge < -0.3 is 10.6 Å². The second-order valence-electron chi connectivity index (χ2n) is 6.13. The molecule has 0 spiro atoms. The second-order valence-corrected chi connectivity index (χ2v) is 7.08. The van der Waals surface area contributed by atoms with Crippen LogP contribution in [0.4, 0.5) is 5.95 Å². The first kappa shape index (κ1) is 13.7. The Morgan fingerprint density at radius 3 is 2.86 bits per heavy atom. The molecule has 1 aliphatic heterocycles. The maximum atomic E-state index is 13.3.